The van der Waals surface area contributed by atoms with Crippen molar-refractivity contribution in [2.45, 2.75) is 32.6 Å². The highest BCUT2D eigenvalue weighted by molar-refractivity contribution is 6.32. The second-order valence-electron chi connectivity index (χ2n) is 7.80. The standard InChI is InChI=1S/C25H21Cl2FN2O3/c1-14-12-23(33-22-11-10-18(26)15-6-2-3-7-16(15)22)19(27)13-21(14)29-25(32)30-24(31)17-8-4-5-9-20(17)28/h4-5,8-13H,2-3,6-7H2,1H3,(H2,29,30,31,32). The third-order valence-electron chi connectivity index (χ3n) is 5.53. The van der Waals surface area contributed by atoms with Gasteiger partial charge in [0, 0.05) is 10.7 Å². The van der Waals surface area contributed by atoms with Crippen LogP contribution >= 0.6 is 23.2 Å². The number of anilines is 1. The van der Waals surface area contributed by atoms with Gasteiger partial charge in [0.1, 0.15) is 17.3 Å². The largest absolute Gasteiger partial charge is 0.455 e. The number of nitrogens with one attached hydrogen (secondary N) is 2. The number of halogens is 3. The van der Waals surface area contributed by atoms with Crippen molar-refractivity contribution in [3.63, 3.8) is 0 Å². The van der Waals surface area contributed by atoms with Gasteiger partial charge in [-0.3, -0.25) is 10.1 Å². The van der Waals surface area contributed by atoms with Gasteiger partial charge >= 0.3 is 6.03 Å². The minimum absolute atomic E-state index is 0.225. The lowest BCUT2D eigenvalue weighted by Gasteiger charge is -2.21. The number of benzene rings is 3. The van der Waals surface area contributed by atoms with Crippen LogP contribution in [-0.2, 0) is 12.8 Å². The van der Waals surface area contributed by atoms with E-state index in [2.05, 4.69) is 10.6 Å². The lowest BCUT2D eigenvalue weighted by atomic mass is 9.91. The van der Waals surface area contributed by atoms with Crippen LogP contribution in [0.4, 0.5) is 14.9 Å². The topological polar surface area (TPSA) is 67.4 Å². The molecule has 0 heterocycles. The Hall–Kier alpha value is -3.09. The average Bonchev–Trinajstić information content (AvgIpc) is 2.79. The van der Waals surface area contributed by atoms with E-state index in [1.54, 1.807) is 19.1 Å². The third-order valence-corrected chi connectivity index (χ3v) is 6.18. The number of hydrogen-bond acceptors (Lipinski definition) is 3. The molecule has 8 heteroatoms. The molecule has 0 radical (unpaired) electrons. The molecule has 0 saturated heterocycles. The van der Waals surface area contributed by atoms with E-state index in [1.807, 2.05) is 12.1 Å². The maximum Gasteiger partial charge on any atom is 0.326 e. The number of rotatable bonds is 4. The molecule has 3 aromatic carbocycles. The Labute approximate surface area is 200 Å². The summed E-state index contributed by atoms with van der Waals surface area (Å²) in [5.41, 5.74) is 3.05. The molecule has 1 aliphatic carbocycles. The highest BCUT2D eigenvalue weighted by Gasteiger charge is 2.20. The highest BCUT2D eigenvalue weighted by Crippen LogP contribution is 2.39. The molecule has 170 valence electrons. The lowest BCUT2D eigenvalue weighted by molar-refractivity contribution is 0.0963. The molecule has 3 amide bonds. The number of ether oxygens (including phenoxy) is 1. The number of aryl methyl sites for hydroxylation is 1. The second-order valence-corrected chi connectivity index (χ2v) is 8.61. The summed E-state index contributed by atoms with van der Waals surface area (Å²) in [6.45, 7) is 1.77. The van der Waals surface area contributed by atoms with Crippen molar-refractivity contribution in [1.82, 2.24) is 5.32 Å². The van der Waals surface area contributed by atoms with Gasteiger partial charge in [-0.2, -0.15) is 0 Å². The quantitative estimate of drug-likeness (QED) is 0.414. The third kappa shape index (κ3) is 5.13. The van der Waals surface area contributed by atoms with Crippen molar-refractivity contribution >= 4 is 40.8 Å². The Balaban J connectivity index is 1.49. The molecular formula is C25H21Cl2FN2O3. The zero-order valence-electron chi connectivity index (χ0n) is 17.8. The van der Waals surface area contributed by atoms with E-state index < -0.39 is 17.8 Å². The van der Waals surface area contributed by atoms with E-state index >= 15 is 0 Å². The van der Waals surface area contributed by atoms with Gasteiger partial charge in [-0.05, 0) is 85.7 Å². The Morgan fingerprint density at radius 2 is 1.67 bits per heavy atom. The fourth-order valence-electron chi connectivity index (χ4n) is 3.84. The van der Waals surface area contributed by atoms with Crippen LogP contribution in [0.5, 0.6) is 11.5 Å². The van der Waals surface area contributed by atoms with E-state index in [9.17, 15) is 14.0 Å². The van der Waals surface area contributed by atoms with E-state index in [1.165, 1.54) is 18.2 Å². The molecule has 33 heavy (non-hydrogen) atoms. The number of amides is 3. The Bertz CT molecular complexity index is 1250. The smallest absolute Gasteiger partial charge is 0.326 e. The highest BCUT2D eigenvalue weighted by atomic mass is 35.5. The number of carbonyl (C=O) groups is 2. The normalized spacial score (nSPS) is 12.6. The van der Waals surface area contributed by atoms with Gasteiger partial charge in [-0.1, -0.05) is 35.3 Å². The summed E-state index contributed by atoms with van der Waals surface area (Å²) in [5.74, 6) is -0.406. The van der Waals surface area contributed by atoms with E-state index in [0.717, 1.165) is 47.9 Å². The first-order chi connectivity index (χ1) is 15.8. The monoisotopic (exact) mass is 486 g/mol. The molecule has 0 bridgehead atoms. The van der Waals surface area contributed by atoms with Crippen LogP contribution in [0.1, 0.15) is 39.9 Å². The van der Waals surface area contributed by atoms with Crippen molar-refractivity contribution in [3.05, 3.63) is 86.6 Å². The van der Waals surface area contributed by atoms with Gasteiger partial charge in [-0.25, -0.2) is 9.18 Å². The lowest BCUT2D eigenvalue weighted by Crippen LogP contribution is -2.35. The Morgan fingerprint density at radius 1 is 0.939 bits per heavy atom. The fourth-order valence-corrected chi connectivity index (χ4v) is 4.32. The number of carbonyl (C=O) groups excluding carboxylic acids is 2. The van der Waals surface area contributed by atoms with Gasteiger partial charge < -0.3 is 10.1 Å². The van der Waals surface area contributed by atoms with Crippen molar-refractivity contribution < 1.29 is 18.7 Å². The van der Waals surface area contributed by atoms with Crippen molar-refractivity contribution in [1.29, 1.82) is 0 Å². The summed E-state index contributed by atoms with van der Waals surface area (Å²) in [4.78, 5) is 24.4. The SMILES string of the molecule is Cc1cc(Oc2ccc(Cl)c3c2CCCC3)c(Cl)cc1NC(=O)NC(=O)c1ccccc1F. The molecule has 4 rings (SSSR count). The Morgan fingerprint density at radius 3 is 2.42 bits per heavy atom. The minimum Gasteiger partial charge on any atom is -0.455 e. The maximum absolute atomic E-state index is 13.8. The van der Waals surface area contributed by atoms with Crippen molar-refractivity contribution in [2.75, 3.05) is 5.32 Å². The van der Waals surface area contributed by atoms with Crippen LogP contribution in [-0.4, -0.2) is 11.9 Å². The molecule has 0 saturated carbocycles. The Kier molecular flexibility index (Phi) is 6.86. The molecule has 0 unspecified atom stereocenters. The summed E-state index contributed by atoms with van der Waals surface area (Å²) in [7, 11) is 0. The zero-order chi connectivity index (χ0) is 23.5. The number of hydrogen-bond donors (Lipinski definition) is 2. The number of urea groups is 1. The summed E-state index contributed by atoms with van der Waals surface area (Å²) in [6, 6.07) is 11.5. The van der Waals surface area contributed by atoms with E-state index in [0.29, 0.717) is 22.7 Å². The van der Waals surface area contributed by atoms with Crippen LogP contribution in [0.25, 0.3) is 0 Å². The van der Waals surface area contributed by atoms with Gasteiger partial charge in [0.15, 0.2) is 0 Å². The van der Waals surface area contributed by atoms with Gasteiger partial charge in [0.2, 0.25) is 0 Å². The second kappa shape index (κ2) is 9.81. The first-order valence-electron chi connectivity index (χ1n) is 10.5. The molecule has 0 aromatic heterocycles. The number of imide groups is 1. The fraction of sp³-hybridized carbons (Fsp3) is 0.200. The van der Waals surface area contributed by atoms with Crippen molar-refractivity contribution in [3.8, 4) is 11.5 Å². The predicted octanol–water partition coefficient (Wildman–Crippen LogP) is 7.07. The van der Waals surface area contributed by atoms with Crippen molar-refractivity contribution in [2.24, 2.45) is 0 Å². The average molecular weight is 487 g/mol. The van der Waals surface area contributed by atoms with Gasteiger partial charge in [0.25, 0.3) is 5.91 Å². The molecule has 2 N–H and O–H groups in total. The molecule has 3 aromatic rings. The summed E-state index contributed by atoms with van der Waals surface area (Å²) < 4.78 is 19.9. The number of fused-ring (bicyclic) bond motifs is 1. The summed E-state index contributed by atoms with van der Waals surface area (Å²) in [5, 5.41) is 5.71. The first kappa shape index (κ1) is 23.1. The summed E-state index contributed by atoms with van der Waals surface area (Å²) >= 11 is 12.8. The van der Waals surface area contributed by atoms with Crippen LogP contribution in [0.3, 0.4) is 0 Å². The summed E-state index contributed by atoms with van der Waals surface area (Å²) in [6.07, 6.45) is 3.97. The molecule has 5 nitrogen and oxygen atoms in total. The zero-order valence-corrected chi connectivity index (χ0v) is 19.3. The van der Waals surface area contributed by atoms with Crippen LogP contribution in [0.15, 0.2) is 48.5 Å². The molecule has 0 fully saturated rings. The van der Waals surface area contributed by atoms with E-state index in [-0.39, 0.29) is 10.6 Å². The van der Waals surface area contributed by atoms with E-state index in [4.69, 9.17) is 27.9 Å². The minimum atomic E-state index is -0.846. The molecular weight excluding hydrogens is 466 g/mol. The van der Waals surface area contributed by atoms with Crippen LogP contribution < -0.4 is 15.4 Å². The first-order valence-corrected chi connectivity index (χ1v) is 11.2. The molecule has 0 spiro atoms. The maximum atomic E-state index is 13.8. The molecule has 1 aliphatic rings. The van der Waals surface area contributed by atoms with Gasteiger partial charge in [0.05, 0.1) is 10.6 Å². The predicted molar refractivity (Wildman–Crippen MR) is 127 cm³/mol. The molecule has 0 aliphatic heterocycles. The van der Waals surface area contributed by atoms with Crippen LogP contribution in [0, 0.1) is 12.7 Å². The molecule has 0 atom stereocenters. The van der Waals surface area contributed by atoms with Gasteiger partial charge in [-0.15, -0.1) is 0 Å². The van der Waals surface area contributed by atoms with Crippen LogP contribution in [0.2, 0.25) is 10.0 Å².